The Morgan fingerprint density at radius 2 is 2.14 bits per heavy atom. The lowest BCUT2D eigenvalue weighted by Crippen LogP contribution is -2.42. The van der Waals surface area contributed by atoms with Crippen molar-refractivity contribution in [1.82, 2.24) is 5.32 Å². The van der Waals surface area contributed by atoms with E-state index < -0.39 is 12.1 Å². The fourth-order valence-corrected chi connectivity index (χ4v) is 3.14. The lowest BCUT2D eigenvalue weighted by molar-refractivity contribution is -0.176. The summed E-state index contributed by atoms with van der Waals surface area (Å²) in [7, 11) is 0. The van der Waals surface area contributed by atoms with E-state index in [1.54, 1.807) is 0 Å². The van der Waals surface area contributed by atoms with Gasteiger partial charge in [-0.05, 0) is 43.1 Å². The number of nitrogens with zero attached hydrogens (tertiary/aromatic N) is 1. The molecule has 1 aromatic rings. The zero-order valence-corrected chi connectivity index (χ0v) is 13.6. The van der Waals surface area contributed by atoms with E-state index in [9.17, 15) is 13.2 Å². The van der Waals surface area contributed by atoms with Crippen LogP contribution in [0.3, 0.4) is 0 Å². The summed E-state index contributed by atoms with van der Waals surface area (Å²) in [6.07, 6.45) is -3.28. The molecule has 1 fully saturated rings. The molecule has 1 saturated heterocycles. The topological polar surface area (TPSA) is 15.3 Å². The van der Waals surface area contributed by atoms with Crippen molar-refractivity contribution in [2.75, 3.05) is 24.5 Å². The van der Waals surface area contributed by atoms with Crippen LogP contribution in [0.5, 0.6) is 0 Å². The van der Waals surface area contributed by atoms with Crippen LogP contribution in [0, 0.1) is 5.92 Å². The van der Waals surface area contributed by atoms with Gasteiger partial charge >= 0.3 is 6.18 Å². The number of piperidine rings is 1. The normalized spacial score (nSPS) is 19.9. The van der Waals surface area contributed by atoms with Gasteiger partial charge in [0.1, 0.15) is 0 Å². The van der Waals surface area contributed by atoms with Crippen LogP contribution in [0.15, 0.2) is 22.7 Å². The molecule has 118 valence electrons. The van der Waals surface area contributed by atoms with E-state index in [1.807, 2.05) is 30.0 Å². The molecule has 1 aromatic carbocycles. The standard InChI is InChI=1S/C15H20BrF3N2/c1-2-20-9-11-8-13(16)5-6-14(11)21-7-3-4-12(10-21)15(17,18)19/h5-6,8,12,20H,2-4,7,9-10H2,1H3. The number of hydrogen-bond acceptors (Lipinski definition) is 2. The van der Waals surface area contributed by atoms with E-state index in [4.69, 9.17) is 0 Å². The van der Waals surface area contributed by atoms with Gasteiger partial charge in [0, 0.05) is 29.8 Å². The predicted molar refractivity (Wildman–Crippen MR) is 82.5 cm³/mol. The van der Waals surface area contributed by atoms with Crippen LogP contribution >= 0.6 is 15.9 Å². The highest BCUT2D eigenvalue weighted by molar-refractivity contribution is 9.10. The van der Waals surface area contributed by atoms with Gasteiger partial charge in [0.25, 0.3) is 0 Å². The van der Waals surface area contributed by atoms with Crippen molar-refractivity contribution in [1.29, 1.82) is 0 Å². The maximum Gasteiger partial charge on any atom is 0.393 e. The van der Waals surface area contributed by atoms with Crippen molar-refractivity contribution in [3.8, 4) is 0 Å². The minimum atomic E-state index is -4.10. The number of halogens is 4. The van der Waals surface area contributed by atoms with E-state index in [0.717, 1.165) is 22.3 Å². The van der Waals surface area contributed by atoms with Crippen LogP contribution in [0.2, 0.25) is 0 Å². The second-order valence-electron chi connectivity index (χ2n) is 5.38. The minimum Gasteiger partial charge on any atom is -0.371 e. The molecule has 0 amide bonds. The molecule has 0 saturated carbocycles. The van der Waals surface area contributed by atoms with Crippen molar-refractivity contribution < 1.29 is 13.2 Å². The van der Waals surface area contributed by atoms with Crippen LogP contribution < -0.4 is 10.2 Å². The van der Waals surface area contributed by atoms with E-state index in [-0.39, 0.29) is 13.0 Å². The highest BCUT2D eigenvalue weighted by Crippen LogP contribution is 2.36. The minimum absolute atomic E-state index is 0.0598. The molecule has 1 N–H and O–H groups in total. The first-order chi connectivity index (χ1) is 9.91. The van der Waals surface area contributed by atoms with Gasteiger partial charge in [0.2, 0.25) is 0 Å². The Morgan fingerprint density at radius 3 is 2.81 bits per heavy atom. The molecule has 1 heterocycles. The lowest BCUT2D eigenvalue weighted by atomic mass is 9.96. The van der Waals surface area contributed by atoms with Gasteiger partial charge in [0.05, 0.1) is 5.92 Å². The summed E-state index contributed by atoms with van der Waals surface area (Å²) in [5, 5.41) is 3.24. The van der Waals surface area contributed by atoms with E-state index in [1.165, 1.54) is 0 Å². The number of nitrogens with one attached hydrogen (secondary N) is 1. The van der Waals surface area contributed by atoms with Crippen LogP contribution in [-0.2, 0) is 6.54 Å². The highest BCUT2D eigenvalue weighted by atomic mass is 79.9. The van der Waals surface area contributed by atoms with E-state index in [2.05, 4.69) is 21.2 Å². The third-order valence-electron chi connectivity index (χ3n) is 3.83. The number of alkyl halides is 3. The maximum atomic E-state index is 13.0. The Balaban J connectivity index is 2.20. The molecule has 2 nitrogen and oxygen atoms in total. The summed E-state index contributed by atoms with van der Waals surface area (Å²) in [6.45, 7) is 4.26. The number of benzene rings is 1. The Kier molecular flexibility index (Phi) is 5.54. The first-order valence-electron chi connectivity index (χ1n) is 7.22. The van der Waals surface area contributed by atoms with Crippen molar-refractivity contribution in [2.45, 2.75) is 32.5 Å². The molecule has 21 heavy (non-hydrogen) atoms. The van der Waals surface area contributed by atoms with Gasteiger partial charge in [0.15, 0.2) is 0 Å². The Hall–Kier alpha value is -0.750. The molecule has 1 atom stereocenters. The second-order valence-corrected chi connectivity index (χ2v) is 6.30. The molecule has 0 aromatic heterocycles. The van der Waals surface area contributed by atoms with E-state index in [0.29, 0.717) is 19.5 Å². The van der Waals surface area contributed by atoms with Crippen LogP contribution in [-0.4, -0.2) is 25.8 Å². The van der Waals surface area contributed by atoms with Gasteiger partial charge < -0.3 is 10.2 Å². The summed E-state index contributed by atoms with van der Waals surface area (Å²) < 4.78 is 39.8. The van der Waals surface area contributed by atoms with Crippen LogP contribution in [0.25, 0.3) is 0 Å². The fourth-order valence-electron chi connectivity index (χ4n) is 2.73. The largest absolute Gasteiger partial charge is 0.393 e. The molecule has 1 unspecified atom stereocenters. The van der Waals surface area contributed by atoms with Gasteiger partial charge in [-0.25, -0.2) is 0 Å². The molecule has 6 heteroatoms. The zero-order valence-electron chi connectivity index (χ0n) is 12.0. The van der Waals surface area contributed by atoms with Crippen molar-refractivity contribution in [2.24, 2.45) is 5.92 Å². The first kappa shape index (κ1) is 16.6. The summed E-state index contributed by atoms with van der Waals surface area (Å²) in [6, 6.07) is 5.78. The molecule has 0 radical (unpaired) electrons. The summed E-state index contributed by atoms with van der Waals surface area (Å²) in [4.78, 5) is 1.88. The Labute approximate surface area is 131 Å². The average molecular weight is 365 g/mol. The molecule has 2 rings (SSSR count). The SMILES string of the molecule is CCNCc1cc(Br)ccc1N1CCCC(C(F)(F)F)C1. The third-order valence-corrected chi connectivity index (χ3v) is 4.33. The lowest BCUT2D eigenvalue weighted by Gasteiger charge is -2.36. The third kappa shape index (κ3) is 4.36. The average Bonchev–Trinajstić information content (AvgIpc) is 2.44. The summed E-state index contributed by atoms with van der Waals surface area (Å²) in [5.74, 6) is -1.22. The van der Waals surface area contributed by atoms with Gasteiger partial charge in [-0.3, -0.25) is 0 Å². The predicted octanol–water partition coefficient (Wildman–Crippen LogP) is 4.34. The maximum absolute atomic E-state index is 13.0. The number of rotatable bonds is 4. The zero-order chi connectivity index (χ0) is 15.5. The Bertz CT molecular complexity index is 476. The van der Waals surface area contributed by atoms with Crippen molar-refractivity contribution in [3.05, 3.63) is 28.2 Å². The molecule has 1 aliphatic heterocycles. The summed E-state index contributed by atoms with van der Waals surface area (Å²) in [5.41, 5.74) is 1.95. The molecule has 0 spiro atoms. The van der Waals surface area contributed by atoms with Gasteiger partial charge in [-0.2, -0.15) is 13.2 Å². The van der Waals surface area contributed by atoms with Crippen molar-refractivity contribution in [3.63, 3.8) is 0 Å². The monoisotopic (exact) mass is 364 g/mol. The molecule has 0 aliphatic carbocycles. The van der Waals surface area contributed by atoms with Crippen LogP contribution in [0.4, 0.5) is 18.9 Å². The number of anilines is 1. The second kappa shape index (κ2) is 7.01. The molecular weight excluding hydrogens is 345 g/mol. The highest BCUT2D eigenvalue weighted by Gasteiger charge is 2.42. The Morgan fingerprint density at radius 1 is 1.38 bits per heavy atom. The van der Waals surface area contributed by atoms with Gasteiger partial charge in [-0.15, -0.1) is 0 Å². The van der Waals surface area contributed by atoms with E-state index >= 15 is 0 Å². The molecule has 1 aliphatic rings. The van der Waals surface area contributed by atoms with Crippen LogP contribution in [0.1, 0.15) is 25.3 Å². The van der Waals surface area contributed by atoms with Crippen molar-refractivity contribution >= 4 is 21.6 Å². The van der Waals surface area contributed by atoms with Gasteiger partial charge in [-0.1, -0.05) is 22.9 Å². The molecular formula is C15H20BrF3N2. The number of hydrogen-bond donors (Lipinski definition) is 1. The first-order valence-corrected chi connectivity index (χ1v) is 8.02. The summed E-state index contributed by atoms with van der Waals surface area (Å²) >= 11 is 3.43. The molecule has 0 bridgehead atoms. The fraction of sp³-hybridized carbons (Fsp3) is 0.600. The smallest absolute Gasteiger partial charge is 0.371 e. The quantitative estimate of drug-likeness (QED) is 0.854.